The van der Waals surface area contributed by atoms with Crippen LogP contribution in [0.5, 0.6) is 5.75 Å². The van der Waals surface area contributed by atoms with E-state index in [9.17, 15) is 4.39 Å². The Morgan fingerprint density at radius 1 is 1.10 bits per heavy atom. The fourth-order valence-corrected chi connectivity index (χ4v) is 5.09. The Hall–Kier alpha value is -1.70. The number of likely N-dealkylation sites (tertiary alicyclic amines) is 2. The predicted octanol–water partition coefficient (Wildman–Crippen LogP) is 3.83. The Balaban J connectivity index is 1.37. The lowest BCUT2D eigenvalue weighted by molar-refractivity contribution is 0.0857. The van der Waals surface area contributed by atoms with E-state index in [1.165, 1.54) is 30.9 Å². The molecule has 1 unspecified atom stereocenters. The third kappa shape index (κ3) is 4.90. The molecule has 5 nitrogen and oxygen atoms in total. The summed E-state index contributed by atoms with van der Waals surface area (Å²) < 4.78 is 19.6. The van der Waals surface area contributed by atoms with Gasteiger partial charge in [-0.25, -0.2) is 14.4 Å². The second-order valence-corrected chi connectivity index (χ2v) is 9.08. The van der Waals surface area contributed by atoms with E-state index in [1.807, 2.05) is 24.7 Å². The summed E-state index contributed by atoms with van der Waals surface area (Å²) in [6.07, 6.45) is 9.51. The van der Waals surface area contributed by atoms with Crippen molar-refractivity contribution in [1.29, 1.82) is 0 Å². The van der Waals surface area contributed by atoms with Crippen LogP contribution in [0.3, 0.4) is 0 Å². The first-order chi connectivity index (χ1) is 14.1. The summed E-state index contributed by atoms with van der Waals surface area (Å²) in [4.78, 5) is 13.7. The van der Waals surface area contributed by atoms with Crippen molar-refractivity contribution in [3.05, 3.63) is 47.5 Å². The highest BCUT2D eigenvalue weighted by molar-refractivity contribution is 7.98. The number of ether oxygens (including phenoxy) is 1. The van der Waals surface area contributed by atoms with Crippen LogP contribution in [-0.4, -0.2) is 59.3 Å². The van der Waals surface area contributed by atoms with E-state index in [4.69, 9.17) is 4.74 Å². The number of aromatic nitrogens is 2. The monoisotopic (exact) mass is 416 g/mol. The molecule has 1 atom stereocenters. The average Bonchev–Trinajstić information content (AvgIpc) is 3.11. The van der Waals surface area contributed by atoms with Crippen molar-refractivity contribution in [2.75, 3.05) is 39.5 Å². The predicted molar refractivity (Wildman–Crippen MR) is 114 cm³/mol. The Morgan fingerprint density at radius 2 is 1.86 bits per heavy atom. The topological polar surface area (TPSA) is 41.5 Å². The molecule has 29 heavy (non-hydrogen) atoms. The minimum atomic E-state index is -0.146. The molecule has 0 saturated carbocycles. The van der Waals surface area contributed by atoms with Gasteiger partial charge in [0.1, 0.15) is 11.6 Å². The van der Waals surface area contributed by atoms with E-state index >= 15 is 0 Å². The molecule has 2 saturated heterocycles. The summed E-state index contributed by atoms with van der Waals surface area (Å²) in [5.74, 6) is 0.571. The lowest BCUT2D eigenvalue weighted by Gasteiger charge is -2.40. The molecular weight excluding hydrogens is 387 g/mol. The molecule has 3 heterocycles. The van der Waals surface area contributed by atoms with E-state index in [-0.39, 0.29) is 5.82 Å². The van der Waals surface area contributed by atoms with Crippen LogP contribution in [-0.2, 0) is 13.1 Å². The van der Waals surface area contributed by atoms with Gasteiger partial charge < -0.3 is 4.74 Å². The molecule has 156 valence electrons. The van der Waals surface area contributed by atoms with Gasteiger partial charge in [0.05, 0.1) is 7.11 Å². The lowest BCUT2D eigenvalue weighted by atomic mass is 9.79. The molecule has 2 fully saturated rings. The summed E-state index contributed by atoms with van der Waals surface area (Å²) >= 11 is 1.57. The smallest absolute Gasteiger partial charge is 0.187 e. The zero-order chi connectivity index (χ0) is 20.3. The van der Waals surface area contributed by atoms with Gasteiger partial charge in [0.25, 0.3) is 0 Å². The van der Waals surface area contributed by atoms with Crippen molar-refractivity contribution >= 4 is 11.8 Å². The third-order valence-corrected chi connectivity index (χ3v) is 6.75. The van der Waals surface area contributed by atoms with Crippen molar-refractivity contribution in [2.24, 2.45) is 5.41 Å². The van der Waals surface area contributed by atoms with E-state index in [1.54, 1.807) is 24.9 Å². The Morgan fingerprint density at radius 3 is 2.59 bits per heavy atom. The maximum Gasteiger partial charge on any atom is 0.187 e. The largest absolute Gasteiger partial charge is 0.497 e. The van der Waals surface area contributed by atoms with Crippen molar-refractivity contribution < 1.29 is 9.13 Å². The summed E-state index contributed by atoms with van der Waals surface area (Å²) in [5, 5.41) is 0.819. The van der Waals surface area contributed by atoms with Gasteiger partial charge in [0.15, 0.2) is 5.16 Å². The number of hydrogen-bond donors (Lipinski definition) is 0. The molecule has 2 aliphatic rings. The van der Waals surface area contributed by atoms with Gasteiger partial charge in [0.2, 0.25) is 0 Å². The number of benzene rings is 1. The molecule has 4 rings (SSSR count). The van der Waals surface area contributed by atoms with E-state index in [2.05, 4.69) is 19.8 Å². The number of hydrogen-bond acceptors (Lipinski definition) is 6. The number of methoxy groups -OCH3 is 1. The molecule has 1 aromatic carbocycles. The lowest BCUT2D eigenvalue weighted by Crippen LogP contribution is -2.44. The van der Waals surface area contributed by atoms with E-state index < -0.39 is 0 Å². The number of rotatable bonds is 6. The van der Waals surface area contributed by atoms with E-state index in [0.717, 1.165) is 49.2 Å². The van der Waals surface area contributed by atoms with Crippen molar-refractivity contribution in [3.63, 3.8) is 0 Å². The van der Waals surface area contributed by atoms with Crippen LogP contribution in [0.2, 0.25) is 0 Å². The normalized spacial score (nSPS) is 23.0. The Labute approximate surface area is 176 Å². The number of nitrogens with zero attached hydrogens (tertiary/aromatic N) is 4. The fourth-order valence-electron chi connectivity index (χ4n) is 4.77. The molecule has 0 amide bonds. The number of thioether (sulfide) groups is 1. The van der Waals surface area contributed by atoms with Gasteiger partial charge >= 0.3 is 0 Å². The fraction of sp³-hybridized carbons (Fsp3) is 0.545. The zero-order valence-corrected chi connectivity index (χ0v) is 18.1. The van der Waals surface area contributed by atoms with Gasteiger partial charge in [-0.2, -0.15) is 0 Å². The minimum Gasteiger partial charge on any atom is -0.497 e. The summed E-state index contributed by atoms with van der Waals surface area (Å²) in [7, 11) is 1.62. The molecular formula is C22H29FN4OS. The maximum atomic E-state index is 14.3. The summed E-state index contributed by atoms with van der Waals surface area (Å²) in [6, 6.07) is 5.02. The molecule has 0 radical (unpaired) electrons. The molecule has 2 aliphatic heterocycles. The first-order valence-corrected chi connectivity index (χ1v) is 11.4. The average molecular weight is 417 g/mol. The molecule has 2 aromatic rings. The van der Waals surface area contributed by atoms with Crippen molar-refractivity contribution in [2.45, 2.75) is 37.5 Å². The Kier molecular flexibility index (Phi) is 6.37. The van der Waals surface area contributed by atoms with Crippen LogP contribution in [0.25, 0.3) is 0 Å². The SMILES string of the molecule is COc1ccc(F)c(CN2CCCC3(CCN(Cc4cnc(SC)nc4)C3)C2)c1. The Bertz CT molecular complexity index is 834. The molecule has 0 aliphatic carbocycles. The number of piperidine rings is 1. The minimum absolute atomic E-state index is 0.146. The zero-order valence-electron chi connectivity index (χ0n) is 17.2. The van der Waals surface area contributed by atoms with Gasteiger partial charge in [-0.3, -0.25) is 9.80 Å². The van der Waals surface area contributed by atoms with Gasteiger partial charge in [0, 0.05) is 49.7 Å². The molecule has 1 spiro atoms. The van der Waals surface area contributed by atoms with Crippen LogP contribution in [0.1, 0.15) is 30.4 Å². The third-order valence-electron chi connectivity index (χ3n) is 6.18. The highest BCUT2D eigenvalue weighted by Gasteiger charge is 2.41. The quantitative estimate of drug-likeness (QED) is 0.527. The van der Waals surface area contributed by atoms with Crippen LogP contribution in [0, 0.1) is 11.2 Å². The second kappa shape index (κ2) is 8.98. The van der Waals surface area contributed by atoms with E-state index in [0.29, 0.717) is 12.0 Å². The highest BCUT2D eigenvalue weighted by Crippen LogP contribution is 2.40. The first kappa shape index (κ1) is 20.6. The van der Waals surface area contributed by atoms with Crippen molar-refractivity contribution in [3.8, 4) is 5.75 Å². The first-order valence-electron chi connectivity index (χ1n) is 10.2. The highest BCUT2D eigenvalue weighted by atomic mass is 32.2. The van der Waals surface area contributed by atoms with Gasteiger partial charge in [-0.1, -0.05) is 11.8 Å². The second-order valence-electron chi connectivity index (χ2n) is 8.31. The van der Waals surface area contributed by atoms with Crippen LogP contribution < -0.4 is 4.74 Å². The standard InChI is InChI=1S/C22H29FN4OS/c1-28-19-4-5-20(23)18(10-19)14-26-8-3-6-22(15-26)7-9-27(16-22)13-17-11-24-21(29-2)25-12-17/h4-5,10-12H,3,6-9,13-16H2,1-2H3. The maximum absolute atomic E-state index is 14.3. The molecule has 1 aromatic heterocycles. The van der Waals surface area contributed by atoms with Gasteiger partial charge in [-0.15, -0.1) is 0 Å². The van der Waals surface area contributed by atoms with Crippen LogP contribution >= 0.6 is 11.8 Å². The van der Waals surface area contributed by atoms with Crippen molar-refractivity contribution in [1.82, 2.24) is 19.8 Å². The molecule has 0 bridgehead atoms. The molecule has 7 heteroatoms. The van der Waals surface area contributed by atoms with Crippen LogP contribution in [0.4, 0.5) is 4.39 Å². The molecule has 0 N–H and O–H groups in total. The number of halogens is 1. The van der Waals surface area contributed by atoms with Crippen LogP contribution in [0.15, 0.2) is 35.7 Å². The summed E-state index contributed by atoms with van der Waals surface area (Å²) in [5.41, 5.74) is 2.21. The summed E-state index contributed by atoms with van der Waals surface area (Å²) in [6.45, 7) is 5.81. The van der Waals surface area contributed by atoms with Gasteiger partial charge in [-0.05, 0) is 62.2 Å².